The molecule has 3 aliphatic carbocycles. The number of ether oxygens (including phenoxy) is 3. The molecule has 1 saturated heterocycles. The largest absolute Gasteiger partial charge is 0.497 e. The summed E-state index contributed by atoms with van der Waals surface area (Å²) in [5.74, 6) is 0.825. The van der Waals surface area contributed by atoms with Crippen LogP contribution in [-0.2, 0) is 11.2 Å². The van der Waals surface area contributed by atoms with E-state index in [1.54, 1.807) is 36.3 Å². The minimum Gasteiger partial charge on any atom is -0.497 e. The van der Waals surface area contributed by atoms with Crippen molar-refractivity contribution in [3.05, 3.63) is 119 Å². The first-order chi connectivity index (χ1) is 26.0. The molecule has 4 aliphatic rings. The van der Waals surface area contributed by atoms with E-state index < -0.39 is 23.2 Å². The van der Waals surface area contributed by atoms with Gasteiger partial charge in [-0.05, 0) is 135 Å². The van der Waals surface area contributed by atoms with Gasteiger partial charge in [-0.2, -0.15) is 0 Å². The predicted molar refractivity (Wildman–Crippen MR) is 210 cm³/mol. The number of hydrogen-bond acceptors (Lipinski definition) is 7. The van der Waals surface area contributed by atoms with Crippen molar-refractivity contribution in [3.63, 3.8) is 0 Å². The molecule has 4 aromatic carbocycles. The number of rotatable bonds is 8. The van der Waals surface area contributed by atoms with E-state index >= 15 is 0 Å². The van der Waals surface area contributed by atoms with Crippen molar-refractivity contribution in [2.45, 2.75) is 95.4 Å². The summed E-state index contributed by atoms with van der Waals surface area (Å²) in [6.45, 7) is 5.27. The summed E-state index contributed by atoms with van der Waals surface area (Å²) >= 11 is 0. The Morgan fingerprint density at radius 3 is 2.46 bits per heavy atom. The maximum atomic E-state index is 14.4. The second-order valence-corrected chi connectivity index (χ2v) is 15.9. The van der Waals surface area contributed by atoms with Crippen LogP contribution >= 0.6 is 0 Å². The maximum Gasteiger partial charge on any atom is 0.415 e. The highest BCUT2D eigenvalue weighted by Crippen LogP contribution is 2.59. The third-order valence-corrected chi connectivity index (χ3v) is 12.4. The molecule has 0 radical (unpaired) electrons. The molecule has 0 aromatic heterocycles. The van der Waals surface area contributed by atoms with Crippen molar-refractivity contribution in [1.82, 2.24) is 4.90 Å². The van der Waals surface area contributed by atoms with E-state index in [2.05, 4.69) is 19.9 Å². The molecule has 2 bridgehead atoms. The van der Waals surface area contributed by atoms with Gasteiger partial charge in [0.1, 0.15) is 11.5 Å². The quantitative estimate of drug-likeness (QED) is 0.138. The molecule has 2 fully saturated rings. The highest BCUT2D eigenvalue weighted by atomic mass is 16.6. The van der Waals surface area contributed by atoms with E-state index in [0.717, 1.165) is 41.2 Å². The molecule has 1 saturated carbocycles. The zero-order chi connectivity index (χ0) is 37.9. The summed E-state index contributed by atoms with van der Waals surface area (Å²) < 4.78 is 17.4. The number of aliphatic hydroxyl groups excluding tert-OH is 1. The van der Waals surface area contributed by atoms with E-state index in [4.69, 9.17) is 14.2 Å². The van der Waals surface area contributed by atoms with Gasteiger partial charge in [0.15, 0.2) is 5.78 Å². The molecular weight excluding hydrogens is 679 g/mol. The summed E-state index contributed by atoms with van der Waals surface area (Å²) in [6, 6.07) is 26.7. The van der Waals surface area contributed by atoms with Crippen LogP contribution in [0.3, 0.4) is 0 Å². The first kappa shape index (κ1) is 37.8. The minimum atomic E-state index is -1.30. The third-order valence-electron chi connectivity index (χ3n) is 12.4. The average Bonchev–Trinajstić information content (AvgIpc) is 3.78. The number of hydrogen-bond donors (Lipinski definition) is 2. The Balaban J connectivity index is 1.26. The van der Waals surface area contributed by atoms with E-state index in [1.807, 2.05) is 60.7 Å². The number of ketones is 1. The first-order valence-electron chi connectivity index (χ1n) is 19.5. The second kappa shape index (κ2) is 16.1. The van der Waals surface area contributed by atoms with E-state index in [9.17, 15) is 19.8 Å². The van der Waals surface area contributed by atoms with Crippen LogP contribution in [0.5, 0.6) is 11.5 Å². The van der Waals surface area contributed by atoms with Gasteiger partial charge in [0.05, 0.1) is 38.0 Å². The molecule has 8 heteroatoms. The molecule has 8 rings (SSSR count). The Bertz CT molecular complexity index is 2000. The van der Waals surface area contributed by atoms with Gasteiger partial charge in [0.2, 0.25) is 0 Å². The summed E-state index contributed by atoms with van der Waals surface area (Å²) in [4.78, 5) is 30.3. The van der Waals surface area contributed by atoms with Crippen molar-refractivity contribution in [2.24, 2.45) is 5.41 Å². The van der Waals surface area contributed by atoms with E-state index in [1.165, 1.54) is 5.57 Å². The number of methoxy groups -OCH3 is 1. The zero-order valence-corrected chi connectivity index (χ0v) is 31.8. The van der Waals surface area contributed by atoms with Crippen LogP contribution in [0.1, 0.15) is 98.2 Å². The van der Waals surface area contributed by atoms with E-state index in [-0.39, 0.29) is 24.3 Å². The number of amides is 1. The Morgan fingerprint density at radius 1 is 0.926 bits per heavy atom. The number of aliphatic hydroxyl groups is 2. The number of allylic oxidation sites excluding steroid dienone is 2. The van der Waals surface area contributed by atoms with Crippen LogP contribution in [0, 0.1) is 5.41 Å². The zero-order valence-electron chi connectivity index (χ0n) is 31.8. The smallest absolute Gasteiger partial charge is 0.415 e. The van der Waals surface area contributed by atoms with Crippen LogP contribution in [0.15, 0.2) is 96.6 Å². The van der Waals surface area contributed by atoms with Gasteiger partial charge < -0.3 is 29.3 Å². The lowest BCUT2D eigenvalue weighted by Gasteiger charge is -2.46. The molecule has 2 N–H and O–H groups in total. The van der Waals surface area contributed by atoms with Gasteiger partial charge in [-0.25, -0.2) is 4.79 Å². The number of benzene rings is 4. The molecule has 1 heterocycles. The van der Waals surface area contributed by atoms with Gasteiger partial charge in [-0.1, -0.05) is 61.0 Å². The Labute approximate surface area is 318 Å². The number of carbonyl (C=O) groups excluding carboxylic acids is 2. The van der Waals surface area contributed by atoms with Gasteiger partial charge in [0, 0.05) is 23.1 Å². The van der Waals surface area contributed by atoms with Crippen molar-refractivity contribution < 1.29 is 34.0 Å². The SMILES string of the molecule is COc1ccc(C(=O)c2cc3ccc2C2CCC(O)(CN(CC4CCCO4)C(=O)Oc4ccc5ccccc5c4)C2(C)CCC=C(C)CCC(O)C3)cc1. The summed E-state index contributed by atoms with van der Waals surface area (Å²) in [7, 11) is 1.60. The van der Waals surface area contributed by atoms with Crippen LogP contribution in [0.25, 0.3) is 10.8 Å². The number of carbonyl (C=O) groups is 2. The lowest BCUT2D eigenvalue weighted by Crippen LogP contribution is -2.55. The van der Waals surface area contributed by atoms with E-state index in [0.29, 0.717) is 74.3 Å². The molecular formula is C46H53NO7. The lowest BCUT2D eigenvalue weighted by molar-refractivity contribution is -0.0831. The van der Waals surface area contributed by atoms with Gasteiger partial charge in [-0.3, -0.25) is 4.79 Å². The highest BCUT2D eigenvalue weighted by Gasteiger charge is 2.58. The minimum absolute atomic E-state index is 0.0704. The monoisotopic (exact) mass is 731 g/mol. The lowest BCUT2D eigenvalue weighted by atomic mass is 9.64. The third kappa shape index (κ3) is 7.97. The molecule has 1 aliphatic heterocycles. The van der Waals surface area contributed by atoms with Crippen molar-refractivity contribution in [2.75, 3.05) is 26.8 Å². The van der Waals surface area contributed by atoms with Gasteiger partial charge in [0.25, 0.3) is 0 Å². The Hall–Kier alpha value is -4.50. The second-order valence-electron chi connectivity index (χ2n) is 15.9. The molecule has 8 nitrogen and oxygen atoms in total. The summed E-state index contributed by atoms with van der Waals surface area (Å²) in [5, 5.41) is 26.1. The fraction of sp³-hybridized carbons (Fsp3) is 0.435. The van der Waals surface area contributed by atoms with Crippen LogP contribution < -0.4 is 9.47 Å². The number of nitrogens with zero attached hydrogens (tertiary/aromatic N) is 1. The normalized spacial score (nSPS) is 25.8. The molecule has 54 heavy (non-hydrogen) atoms. The highest BCUT2D eigenvalue weighted by molar-refractivity contribution is 6.10. The Kier molecular flexibility index (Phi) is 11.3. The molecule has 0 spiro atoms. The van der Waals surface area contributed by atoms with Gasteiger partial charge >= 0.3 is 6.09 Å². The summed E-state index contributed by atoms with van der Waals surface area (Å²) in [6.07, 6.45) is 7.04. The van der Waals surface area contributed by atoms with Crippen LogP contribution in [0.2, 0.25) is 0 Å². The number of fused-ring (bicyclic) bond motifs is 9. The van der Waals surface area contributed by atoms with Crippen LogP contribution in [-0.4, -0.2) is 71.6 Å². The van der Waals surface area contributed by atoms with Crippen molar-refractivity contribution >= 4 is 22.6 Å². The maximum absolute atomic E-state index is 14.4. The Morgan fingerprint density at radius 2 is 1.70 bits per heavy atom. The van der Waals surface area contributed by atoms with Crippen LogP contribution in [0.4, 0.5) is 4.79 Å². The molecule has 4 aromatic rings. The topological polar surface area (TPSA) is 106 Å². The van der Waals surface area contributed by atoms with Crippen molar-refractivity contribution in [3.8, 4) is 11.5 Å². The molecule has 5 atom stereocenters. The molecule has 5 unspecified atom stereocenters. The van der Waals surface area contributed by atoms with Gasteiger partial charge in [-0.15, -0.1) is 0 Å². The fourth-order valence-electron chi connectivity index (χ4n) is 9.04. The first-order valence-corrected chi connectivity index (χ1v) is 19.5. The fourth-order valence-corrected chi connectivity index (χ4v) is 9.04. The predicted octanol–water partition coefficient (Wildman–Crippen LogP) is 8.80. The summed E-state index contributed by atoms with van der Waals surface area (Å²) in [5.41, 5.74) is 2.10. The standard InChI is InChI=1S/C46H53NO7/c1-31-8-6-23-45(2)42(40-21-13-32(26-36(48)17-12-31)27-41(40)43(49)34-15-18-37(52-3)19-16-34)22-24-46(45,51)30-47(29-39-11-7-25-53-39)44(50)54-38-20-14-33-9-4-5-10-35(33)28-38/h4-5,8-10,13-16,18-21,27-28,36,39,42,48,51H,6-7,11-12,17,22-26,29-30H2,1-3H3. The molecule has 284 valence electrons. The average molecular weight is 732 g/mol. The van der Waals surface area contributed by atoms with Crippen molar-refractivity contribution in [1.29, 1.82) is 0 Å². The molecule has 1 amide bonds.